The minimum atomic E-state index is -0.186. The lowest BCUT2D eigenvalue weighted by molar-refractivity contribution is 0.0777. The van der Waals surface area contributed by atoms with Gasteiger partial charge in [0.1, 0.15) is 11.5 Å². The third-order valence-electron chi connectivity index (χ3n) is 2.21. The predicted octanol–water partition coefficient (Wildman–Crippen LogP) is 1.57. The number of aliphatic hydroxyl groups excluding tert-OH is 1. The first-order chi connectivity index (χ1) is 7.74. The minimum absolute atomic E-state index is 0.0160. The molecule has 86 valence electrons. The third kappa shape index (κ3) is 2.84. The van der Waals surface area contributed by atoms with Crippen LogP contribution >= 0.6 is 11.3 Å². The molecule has 0 aliphatic heterocycles. The van der Waals surface area contributed by atoms with Gasteiger partial charge >= 0.3 is 0 Å². The van der Waals surface area contributed by atoms with E-state index in [4.69, 9.17) is 5.11 Å². The Morgan fingerprint density at radius 2 is 2.19 bits per heavy atom. The van der Waals surface area contributed by atoms with Crippen molar-refractivity contribution < 1.29 is 9.90 Å². The molecule has 0 radical (unpaired) electrons. The molecule has 0 fully saturated rings. The first kappa shape index (κ1) is 12.8. The Hall–Kier alpha value is -1.31. The van der Waals surface area contributed by atoms with Gasteiger partial charge in [0, 0.05) is 18.7 Å². The molecule has 0 spiro atoms. The number of hydrogen-bond acceptors (Lipinski definition) is 3. The molecule has 4 heteroatoms. The maximum atomic E-state index is 12.1. The van der Waals surface area contributed by atoms with Gasteiger partial charge in [-0.15, -0.1) is 11.3 Å². The van der Waals surface area contributed by atoms with Gasteiger partial charge in [0.05, 0.1) is 0 Å². The predicted molar refractivity (Wildman–Crippen MR) is 65.5 cm³/mol. The fourth-order valence-corrected chi connectivity index (χ4v) is 2.18. The van der Waals surface area contributed by atoms with E-state index in [1.807, 2.05) is 25.3 Å². The first-order valence-electron chi connectivity index (χ1n) is 5.21. The van der Waals surface area contributed by atoms with Crippen LogP contribution in [0.3, 0.4) is 0 Å². The Balaban J connectivity index is 2.95. The zero-order valence-corrected chi connectivity index (χ0v) is 10.3. The molecule has 3 nitrogen and oxygen atoms in total. The highest BCUT2D eigenvalue weighted by Crippen LogP contribution is 2.18. The van der Waals surface area contributed by atoms with E-state index in [2.05, 4.69) is 11.8 Å². The molecule has 0 aliphatic rings. The quantitative estimate of drug-likeness (QED) is 0.811. The number of hydrogen-bond donors (Lipinski definition) is 1. The number of carbonyl (C=O) groups excluding carboxylic acids is 1. The van der Waals surface area contributed by atoms with Gasteiger partial charge in [-0.3, -0.25) is 4.79 Å². The summed E-state index contributed by atoms with van der Waals surface area (Å²) in [7, 11) is 0. The van der Waals surface area contributed by atoms with Crippen LogP contribution in [-0.2, 0) is 0 Å². The van der Waals surface area contributed by atoms with Crippen LogP contribution in [0.1, 0.15) is 29.1 Å². The molecule has 1 N–H and O–H groups in total. The van der Waals surface area contributed by atoms with Gasteiger partial charge in [-0.2, -0.15) is 0 Å². The second-order valence-electron chi connectivity index (χ2n) is 3.10. The fraction of sp³-hybridized carbons (Fsp3) is 0.417. The molecule has 1 aromatic heterocycles. The summed E-state index contributed by atoms with van der Waals surface area (Å²) in [6, 6.07) is 1.81. The van der Waals surface area contributed by atoms with Crippen molar-refractivity contribution in [2.45, 2.75) is 13.8 Å². The van der Waals surface area contributed by atoms with Crippen molar-refractivity contribution in [3.05, 3.63) is 21.9 Å². The average Bonchev–Trinajstić information content (AvgIpc) is 2.75. The molecule has 1 heterocycles. The highest BCUT2D eigenvalue weighted by molar-refractivity contribution is 7.12. The summed E-state index contributed by atoms with van der Waals surface area (Å²) in [6.07, 6.45) is 0. The van der Waals surface area contributed by atoms with E-state index < -0.39 is 0 Å². The van der Waals surface area contributed by atoms with E-state index >= 15 is 0 Å². The Morgan fingerprint density at radius 3 is 2.75 bits per heavy atom. The number of nitrogens with zero attached hydrogens (tertiary/aromatic N) is 1. The number of thiophene rings is 1. The monoisotopic (exact) mass is 237 g/mol. The molecule has 0 saturated carbocycles. The zero-order valence-electron chi connectivity index (χ0n) is 9.49. The number of carbonyl (C=O) groups is 1. The average molecular weight is 237 g/mol. The Kier molecular flexibility index (Phi) is 5.03. The first-order valence-corrected chi connectivity index (χ1v) is 6.09. The van der Waals surface area contributed by atoms with Crippen LogP contribution in [0.25, 0.3) is 0 Å². The summed E-state index contributed by atoms with van der Waals surface area (Å²) in [4.78, 5) is 14.5. The third-order valence-corrected chi connectivity index (χ3v) is 3.11. The number of rotatable bonds is 3. The normalized spacial score (nSPS) is 9.44. The van der Waals surface area contributed by atoms with Crippen LogP contribution in [-0.4, -0.2) is 35.6 Å². The molecule has 16 heavy (non-hydrogen) atoms. The Morgan fingerprint density at radius 1 is 1.50 bits per heavy atom. The molecule has 0 bridgehead atoms. The van der Waals surface area contributed by atoms with Crippen molar-refractivity contribution in [1.29, 1.82) is 0 Å². The van der Waals surface area contributed by atoms with Crippen molar-refractivity contribution in [3.8, 4) is 11.8 Å². The van der Waals surface area contributed by atoms with Gasteiger partial charge in [-0.05, 0) is 25.3 Å². The molecule has 1 rings (SSSR count). The van der Waals surface area contributed by atoms with Crippen molar-refractivity contribution in [2.75, 3.05) is 19.7 Å². The van der Waals surface area contributed by atoms with Gasteiger partial charge in [-0.1, -0.05) is 11.8 Å². The van der Waals surface area contributed by atoms with Gasteiger partial charge in [0.15, 0.2) is 0 Å². The molecule has 1 amide bonds. The van der Waals surface area contributed by atoms with Gasteiger partial charge in [0.2, 0.25) is 0 Å². The lowest BCUT2D eigenvalue weighted by atomic mass is 10.2. The van der Waals surface area contributed by atoms with Gasteiger partial charge in [-0.25, -0.2) is 0 Å². The second-order valence-corrected chi connectivity index (χ2v) is 4.02. The summed E-state index contributed by atoms with van der Waals surface area (Å²) in [5, 5.41) is 10.5. The smallest absolute Gasteiger partial charge is 0.265 e. The van der Waals surface area contributed by atoms with Crippen molar-refractivity contribution >= 4 is 17.2 Å². The van der Waals surface area contributed by atoms with E-state index in [0.29, 0.717) is 23.5 Å². The van der Waals surface area contributed by atoms with Crippen molar-refractivity contribution in [1.82, 2.24) is 4.90 Å². The largest absolute Gasteiger partial charge is 0.384 e. The molecule has 0 atom stereocenters. The molecule has 0 saturated heterocycles. The molecule has 0 aromatic carbocycles. The highest BCUT2D eigenvalue weighted by Gasteiger charge is 2.16. The topological polar surface area (TPSA) is 40.5 Å². The number of amides is 1. The maximum Gasteiger partial charge on any atom is 0.265 e. The van der Waals surface area contributed by atoms with Gasteiger partial charge in [0.25, 0.3) is 5.91 Å². The highest BCUT2D eigenvalue weighted by atomic mass is 32.1. The summed E-state index contributed by atoms with van der Waals surface area (Å²) in [5.41, 5.74) is 0.705. The van der Waals surface area contributed by atoms with Crippen molar-refractivity contribution in [3.63, 3.8) is 0 Å². The molecule has 0 unspecified atom stereocenters. The minimum Gasteiger partial charge on any atom is -0.384 e. The van der Waals surface area contributed by atoms with E-state index in [-0.39, 0.29) is 12.5 Å². The van der Waals surface area contributed by atoms with E-state index in [9.17, 15) is 4.79 Å². The van der Waals surface area contributed by atoms with Crippen LogP contribution in [0.2, 0.25) is 0 Å². The van der Waals surface area contributed by atoms with E-state index in [0.717, 1.165) is 0 Å². The lowest BCUT2D eigenvalue weighted by Gasteiger charge is -2.17. The van der Waals surface area contributed by atoms with Crippen LogP contribution in [0.5, 0.6) is 0 Å². The Labute approximate surface area is 99.7 Å². The number of aliphatic hydroxyl groups is 1. The summed E-state index contributed by atoms with van der Waals surface area (Å²) in [5.74, 6) is 5.37. The van der Waals surface area contributed by atoms with Crippen LogP contribution in [0.15, 0.2) is 11.4 Å². The fourth-order valence-electron chi connectivity index (χ4n) is 1.36. The van der Waals surface area contributed by atoms with Gasteiger partial charge < -0.3 is 10.0 Å². The molecule has 1 aromatic rings. The van der Waals surface area contributed by atoms with Crippen LogP contribution in [0.4, 0.5) is 0 Å². The standard InChI is InChI=1S/C12H15NO2S/c1-3-13(4-2)12(15)11-10(6-5-8-14)7-9-16-11/h7,9,14H,3-4,8H2,1-2H3. The molecule has 0 aliphatic carbocycles. The van der Waals surface area contributed by atoms with Crippen LogP contribution < -0.4 is 0 Å². The van der Waals surface area contributed by atoms with Crippen LogP contribution in [0, 0.1) is 11.8 Å². The van der Waals surface area contributed by atoms with E-state index in [1.54, 1.807) is 4.90 Å². The SMILES string of the molecule is CCN(CC)C(=O)c1sccc1C#CCO. The summed E-state index contributed by atoms with van der Waals surface area (Å²) < 4.78 is 0. The van der Waals surface area contributed by atoms with E-state index in [1.165, 1.54) is 11.3 Å². The second kappa shape index (κ2) is 6.31. The summed E-state index contributed by atoms with van der Waals surface area (Å²) in [6.45, 7) is 5.11. The lowest BCUT2D eigenvalue weighted by Crippen LogP contribution is -2.30. The Bertz CT molecular complexity index is 410. The maximum absolute atomic E-state index is 12.1. The molecular formula is C12H15NO2S. The summed E-state index contributed by atoms with van der Waals surface area (Å²) >= 11 is 1.39. The van der Waals surface area contributed by atoms with Crippen molar-refractivity contribution in [2.24, 2.45) is 0 Å². The zero-order chi connectivity index (χ0) is 12.0. The molecular weight excluding hydrogens is 222 g/mol.